The monoisotopic (exact) mass is 494 g/mol. The molecule has 0 heterocycles. The van der Waals surface area contributed by atoms with Crippen LogP contribution in [0.4, 0.5) is 0 Å². The van der Waals surface area contributed by atoms with Crippen molar-refractivity contribution in [2.75, 3.05) is 25.9 Å². The largest absolute Gasteiger partial charge is 0.357 e. The molecule has 1 aromatic carbocycles. The second-order valence-corrected chi connectivity index (χ2v) is 8.12. The summed E-state index contributed by atoms with van der Waals surface area (Å²) in [4.78, 5) is 16.3. The second-order valence-electron chi connectivity index (χ2n) is 6.10. The first-order chi connectivity index (χ1) is 11.9. The number of aliphatic imine (C=N–C) groups is 1. The Kier molecular flexibility index (Phi) is 9.34. The van der Waals surface area contributed by atoms with E-state index in [1.54, 1.807) is 24.3 Å². The topological polar surface area (TPSA) is 99.7 Å². The Morgan fingerprint density at radius 1 is 1.12 bits per heavy atom. The Bertz CT molecular complexity index is 716. The molecule has 2 rings (SSSR count). The van der Waals surface area contributed by atoms with Crippen LogP contribution in [0.15, 0.2) is 34.2 Å². The quantitative estimate of drug-likeness (QED) is 0.219. The molecule has 0 atom stereocenters. The fraction of sp³-hybridized carbons (Fsp3) is 0.529. The minimum Gasteiger partial charge on any atom is -0.357 e. The second kappa shape index (κ2) is 10.7. The molecule has 1 fully saturated rings. The molecule has 1 aromatic rings. The molecule has 3 N–H and O–H groups in total. The van der Waals surface area contributed by atoms with Gasteiger partial charge in [0.2, 0.25) is 5.91 Å². The predicted molar refractivity (Wildman–Crippen MR) is 114 cm³/mol. The number of rotatable bonds is 8. The smallest absolute Gasteiger partial charge is 0.223 e. The summed E-state index contributed by atoms with van der Waals surface area (Å²) in [6.07, 6.45) is 3.19. The number of nitrogens with one attached hydrogen (secondary N) is 3. The number of carbonyl (C=O) groups excluding carboxylic acids is 1. The lowest BCUT2D eigenvalue weighted by atomic mass is 10.2. The molecule has 1 aliphatic carbocycles. The molecule has 1 aliphatic rings. The Hall–Kier alpha value is -1.36. The summed E-state index contributed by atoms with van der Waals surface area (Å²) in [7, 11) is -3.18. The van der Waals surface area contributed by atoms with Gasteiger partial charge in [-0.3, -0.25) is 4.79 Å². The van der Waals surface area contributed by atoms with Gasteiger partial charge < -0.3 is 16.0 Å². The molecule has 0 saturated heterocycles. The molecule has 0 radical (unpaired) electrons. The molecule has 0 aromatic heterocycles. The molecule has 26 heavy (non-hydrogen) atoms. The van der Waals surface area contributed by atoms with Crippen molar-refractivity contribution in [2.45, 2.75) is 31.2 Å². The van der Waals surface area contributed by atoms with Gasteiger partial charge in [0.25, 0.3) is 0 Å². The van der Waals surface area contributed by atoms with Crippen molar-refractivity contribution in [3.8, 4) is 0 Å². The third kappa shape index (κ3) is 7.90. The number of nitrogens with zero attached hydrogens (tertiary/aromatic N) is 1. The Balaban J connectivity index is 0.00000338. The van der Waals surface area contributed by atoms with Crippen molar-refractivity contribution in [1.29, 1.82) is 0 Å². The van der Waals surface area contributed by atoms with Crippen LogP contribution in [0.25, 0.3) is 0 Å². The summed E-state index contributed by atoms with van der Waals surface area (Å²) in [6.45, 7) is 4.30. The molecule has 1 amide bonds. The average Bonchev–Trinajstić information content (AvgIpc) is 3.40. The molecule has 0 unspecified atom stereocenters. The number of guanidine groups is 1. The number of sulfone groups is 1. The Morgan fingerprint density at radius 3 is 2.27 bits per heavy atom. The zero-order valence-corrected chi connectivity index (χ0v) is 18.3. The summed E-state index contributed by atoms with van der Waals surface area (Å²) in [5.41, 5.74) is 0.923. The summed E-state index contributed by atoms with van der Waals surface area (Å²) in [5, 5.41) is 9.21. The highest BCUT2D eigenvalue weighted by atomic mass is 127. The number of hydrogen-bond donors (Lipinski definition) is 3. The lowest BCUT2D eigenvalue weighted by molar-refractivity contribution is -0.122. The maximum absolute atomic E-state index is 11.6. The van der Waals surface area contributed by atoms with Gasteiger partial charge in [-0.05, 0) is 37.5 Å². The highest BCUT2D eigenvalue weighted by molar-refractivity contribution is 14.0. The van der Waals surface area contributed by atoms with Gasteiger partial charge in [-0.25, -0.2) is 13.4 Å². The first-order valence-electron chi connectivity index (χ1n) is 8.49. The van der Waals surface area contributed by atoms with E-state index >= 15 is 0 Å². The third-order valence-corrected chi connectivity index (χ3v) is 4.91. The van der Waals surface area contributed by atoms with Crippen molar-refractivity contribution in [3.05, 3.63) is 29.8 Å². The number of halogens is 1. The molecule has 0 bridgehead atoms. The fourth-order valence-corrected chi connectivity index (χ4v) is 2.84. The van der Waals surface area contributed by atoms with Crippen LogP contribution in [0.3, 0.4) is 0 Å². The fourth-order valence-electron chi connectivity index (χ4n) is 2.21. The van der Waals surface area contributed by atoms with E-state index in [1.807, 2.05) is 6.92 Å². The molecule has 146 valence electrons. The molecule has 9 heteroatoms. The molecule has 0 spiro atoms. The van der Waals surface area contributed by atoms with Crippen LogP contribution in [0.2, 0.25) is 0 Å². The normalized spacial score (nSPS) is 14.3. The van der Waals surface area contributed by atoms with Crippen molar-refractivity contribution in [1.82, 2.24) is 16.0 Å². The van der Waals surface area contributed by atoms with Crippen LogP contribution in [0, 0.1) is 5.92 Å². The summed E-state index contributed by atoms with van der Waals surface area (Å²) >= 11 is 0. The maximum atomic E-state index is 11.6. The minimum absolute atomic E-state index is 0. The van der Waals surface area contributed by atoms with Gasteiger partial charge in [-0.15, -0.1) is 24.0 Å². The zero-order valence-electron chi connectivity index (χ0n) is 15.1. The van der Waals surface area contributed by atoms with Crippen molar-refractivity contribution in [3.63, 3.8) is 0 Å². The van der Waals surface area contributed by atoms with Crippen LogP contribution in [-0.4, -0.2) is 46.2 Å². The van der Waals surface area contributed by atoms with Crippen molar-refractivity contribution >= 4 is 45.7 Å². The number of benzene rings is 1. The summed E-state index contributed by atoms with van der Waals surface area (Å²) < 4.78 is 22.9. The Labute approximate surface area is 172 Å². The van der Waals surface area contributed by atoms with E-state index in [1.165, 1.54) is 6.26 Å². The van der Waals surface area contributed by atoms with Crippen LogP contribution in [-0.2, 0) is 21.2 Å². The van der Waals surface area contributed by atoms with E-state index in [9.17, 15) is 13.2 Å². The number of carbonyl (C=O) groups is 1. The van der Waals surface area contributed by atoms with Gasteiger partial charge in [-0.1, -0.05) is 12.1 Å². The van der Waals surface area contributed by atoms with Gasteiger partial charge in [0.05, 0.1) is 11.4 Å². The van der Waals surface area contributed by atoms with Gasteiger partial charge in [0, 0.05) is 31.8 Å². The lowest BCUT2D eigenvalue weighted by Crippen LogP contribution is -2.41. The standard InChI is InChI=1S/C17H26N4O3S.HI/c1-3-18-17(20-11-10-19-16(22)14-6-7-14)21-12-13-4-8-15(9-5-13)25(2,23)24;/h4-5,8-9,14H,3,6-7,10-12H2,1-2H3,(H,19,22)(H2,18,20,21);1H. The average molecular weight is 494 g/mol. The first kappa shape index (κ1) is 22.7. The molecular formula is C17H27IN4O3S. The highest BCUT2D eigenvalue weighted by Gasteiger charge is 2.28. The van der Waals surface area contributed by atoms with E-state index in [-0.39, 0.29) is 35.8 Å². The van der Waals surface area contributed by atoms with Crippen LogP contribution in [0.5, 0.6) is 0 Å². The highest BCUT2D eigenvalue weighted by Crippen LogP contribution is 2.28. The molecule has 1 saturated carbocycles. The number of amides is 1. The molecule has 0 aliphatic heterocycles. The molecule has 7 nitrogen and oxygen atoms in total. The van der Waals surface area contributed by atoms with Crippen LogP contribution >= 0.6 is 24.0 Å². The van der Waals surface area contributed by atoms with E-state index < -0.39 is 9.84 Å². The molecular weight excluding hydrogens is 467 g/mol. The number of hydrogen-bond acceptors (Lipinski definition) is 4. The Morgan fingerprint density at radius 2 is 1.73 bits per heavy atom. The van der Waals surface area contributed by atoms with Gasteiger partial charge in [-0.2, -0.15) is 0 Å². The van der Waals surface area contributed by atoms with Crippen molar-refractivity contribution < 1.29 is 13.2 Å². The van der Waals surface area contributed by atoms with E-state index in [2.05, 4.69) is 20.9 Å². The maximum Gasteiger partial charge on any atom is 0.223 e. The third-order valence-electron chi connectivity index (χ3n) is 3.78. The van der Waals surface area contributed by atoms with Gasteiger partial charge in [0.15, 0.2) is 15.8 Å². The zero-order chi connectivity index (χ0) is 18.3. The van der Waals surface area contributed by atoms with Gasteiger partial charge in [0.1, 0.15) is 0 Å². The van der Waals surface area contributed by atoms with Crippen LogP contribution in [0.1, 0.15) is 25.3 Å². The van der Waals surface area contributed by atoms with E-state index in [0.29, 0.717) is 30.5 Å². The van der Waals surface area contributed by atoms with E-state index in [4.69, 9.17) is 0 Å². The lowest BCUT2D eigenvalue weighted by Gasteiger charge is -2.12. The minimum atomic E-state index is -3.18. The van der Waals surface area contributed by atoms with Crippen LogP contribution < -0.4 is 16.0 Å². The summed E-state index contributed by atoms with van der Waals surface area (Å²) in [5.74, 6) is 1.02. The summed E-state index contributed by atoms with van der Waals surface area (Å²) in [6, 6.07) is 6.71. The van der Waals surface area contributed by atoms with Crippen molar-refractivity contribution in [2.24, 2.45) is 10.9 Å². The van der Waals surface area contributed by atoms with Gasteiger partial charge >= 0.3 is 0 Å². The first-order valence-corrected chi connectivity index (χ1v) is 10.4. The SMILES string of the molecule is CCNC(=NCc1ccc(S(C)(=O)=O)cc1)NCCNC(=O)C1CC1.I. The predicted octanol–water partition coefficient (Wildman–Crippen LogP) is 1.29. The van der Waals surface area contributed by atoms with E-state index in [0.717, 1.165) is 24.9 Å².